The molecule has 1 aromatic rings. The molecule has 0 heterocycles. The smallest absolute Gasteiger partial charge is 0.339 e. The summed E-state index contributed by atoms with van der Waals surface area (Å²) >= 11 is 3.24. The zero-order valence-electron chi connectivity index (χ0n) is 6.63. The number of quaternary nitrogens is 1. The van der Waals surface area contributed by atoms with E-state index < -0.39 is 0 Å². The van der Waals surface area contributed by atoms with Gasteiger partial charge < -0.3 is 10.5 Å². The topological polar surface area (TPSA) is 53.9 Å². The van der Waals surface area contributed by atoms with E-state index in [9.17, 15) is 4.79 Å². The lowest BCUT2D eigenvalue weighted by atomic mass is 10.2. The fraction of sp³-hybridized carbons (Fsp3) is 0.125. The summed E-state index contributed by atoms with van der Waals surface area (Å²) in [6.45, 7) is 0. The van der Waals surface area contributed by atoms with Gasteiger partial charge in [0.25, 0.3) is 0 Å². The number of hydrogen-bond acceptors (Lipinski definition) is 2. The molecule has 3 N–H and O–H groups in total. The van der Waals surface area contributed by atoms with Gasteiger partial charge in [0.1, 0.15) is 5.69 Å². The van der Waals surface area contributed by atoms with Crippen LogP contribution >= 0.6 is 15.9 Å². The van der Waals surface area contributed by atoms with Crippen molar-refractivity contribution in [1.82, 2.24) is 0 Å². The van der Waals surface area contributed by atoms with Crippen LogP contribution in [0.4, 0.5) is 5.69 Å². The molecule has 3 nitrogen and oxygen atoms in total. The highest BCUT2D eigenvalue weighted by atomic mass is 79.9. The molecule has 0 bridgehead atoms. The summed E-state index contributed by atoms with van der Waals surface area (Å²) in [7, 11) is 1.35. The molecule has 4 heteroatoms. The molecular formula is C8H9BrNO2+. The van der Waals surface area contributed by atoms with Gasteiger partial charge in [-0.05, 0) is 22.0 Å². The summed E-state index contributed by atoms with van der Waals surface area (Å²) in [5, 5.41) is 0. The first-order chi connectivity index (χ1) is 5.65. The Morgan fingerprint density at radius 1 is 1.58 bits per heavy atom. The van der Waals surface area contributed by atoms with Crippen molar-refractivity contribution in [2.45, 2.75) is 0 Å². The number of methoxy groups -OCH3 is 1. The lowest BCUT2D eigenvalue weighted by molar-refractivity contribution is -0.254. The maximum absolute atomic E-state index is 11.1. The van der Waals surface area contributed by atoms with E-state index in [0.717, 1.165) is 10.2 Å². The Labute approximate surface area is 78.6 Å². The van der Waals surface area contributed by atoms with Gasteiger partial charge in [0.15, 0.2) is 0 Å². The normalized spacial score (nSPS) is 9.58. The third-order valence-corrected chi connectivity index (χ3v) is 2.13. The summed E-state index contributed by atoms with van der Waals surface area (Å²) in [6.07, 6.45) is 0. The Morgan fingerprint density at radius 3 is 2.83 bits per heavy atom. The summed E-state index contributed by atoms with van der Waals surface area (Å²) < 4.78 is 5.30. The molecule has 1 rings (SSSR count). The predicted molar refractivity (Wildman–Crippen MR) is 48.0 cm³/mol. The molecule has 0 atom stereocenters. The number of carbonyl (C=O) groups excluding carboxylic acids is 1. The zero-order chi connectivity index (χ0) is 9.14. The van der Waals surface area contributed by atoms with E-state index in [0.29, 0.717) is 5.56 Å². The van der Waals surface area contributed by atoms with Crippen LogP contribution in [0.5, 0.6) is 0 Å². The highest BCUT2D eigenvalue weighted by Crippen LogP contribution is 2.19. The number of rotatable bonds is 1. The molecule has 0 aliphatic rings. The second kappa shape index (κ2) is 3.69. The monoisotopic (exact) mass is 230 g/mol. The van der Waals surface area contributed by atoms with Crippen molar-refractivity contribution in [3.8, 4) is 0 Å². The highest BCUT2D eigenvalue weighted by molar-refractivity contribution is 9.10. The van der Waals surface area contributed by atoms with Crippen LogP contribution in [0.1, 0.15) is 10.4 Å². The minimum atomic E-state index is -0.354. The van der Waals surface area contributed by atoms with E-state index in [1.54, 1.807) is 12.1 Å². The standard InChI is InChI=1S/C8H8BrNO2/c1-12-8(11)6-4-5(10)2-3-7(6)9/h2-4H,10H2,1H3/p+1. The van der Waals surface area contributed by atoms with Gasteiger partial charge in [0.2, 0.25) is 0 Å². The highest BCUT2D eigenvalue weighted by Gasteiger charge is 2.10. The largest absolute Gasteiger partial charge is 0.465 e. The summed E-state index contributed by atoms with van der Waals surface area (Å²) in [5.74, 6) is -0.354. The van der Waals surface area contributed by atoms with E-state index in [1.165, 1.54) is 7.11 Å². The van der Waals surface area contributed by atoms with Gasteiger partial charge in [-0.2, -0.15) is 0 Å². The van der Waals surface area contributed by atoms with E-state index in [2.05, 4.69) is 26.4 Å². The first-order valence-corrected chi connectivity index (χ1v) is 4.14. The minimum absolute atomic E-state index is 0.354. The first-order valence-electron chi connectivity index (χ1n) is 3.35. The number of benzene rings is 1. The molecule has 0 unspecified atom stereocenters. The molecule has 12 heavy (non-hydrogen) atoms. The molecule has 0 saturated heterocycles. The van der Waals surface area contributed by atoms with E-state index >= 15 is 0 Å². The van der Waals surface area contributed by atoms with Crippen molar-refractivity contribution in [3.05, 3.63) is 28.2 Å². The maximum Gasteiger partial charge on any atom is 0.339 e. The first kappa shape index (κ1) is 9.22. The van der Waals surface area contributed by atoms with Crippen LogP contribution in [0, 0.1) is 0 Å². The number of hydrogen-bond donors (Lipinski definition) is 1. The van der Waals surface area contributed by atoms with Crippen molar-refractivity contribution in [2.75, 3.05) is 7.11 Å². The van der Waals surface area contributed by atoms with Crippen LogP contribution in [0.25, 0.3) is 0 Å². The molecule has 1 aromatic carbocycles. The number of halogens is 1. The fourth-order valence-corrected chi connectivity index (χ4v) is 1.25. The molecule has 0 aliphatic heterocycles. The SMILES string of the molecule is COC(=O)c1cc([NH3+])ccc1Br. The van der Waals surface area contributed by atoms with Gasteiger partial charge in [0, 0.05) is 16.6 Å². The summed E-state index contributed by atoms with van der Waals surface area (Å²) in [6, 6.07) is 5.26. The Hall–Kier alpha value is -0.870. The quantitative estimate of drug-likeness (QED) is 0.736. The van der Waals surface area contributed by atoms with Crippen molar-refractivity contribution in [2.24, 2.45) is 0 Å². The van der Waals surface area contributed by atoms with Gasteiger partial charge in [-0.15, -0.1) is 0 Å². The molecule has 0 fully saturated rings. The fourth-order valence-electron chi connectivity index (χ4n) is 0.839. The van der Waals surface area contributed by atoms with Crippen LogP contribution < -0.4 is 5.73 Å². The van der Waals surface area contributed by atoms with Crippen molar-refractivity contribution in [1.29, 1.82) is 0 Å². The molecule has 0 radical (unpaired) electrons. The Kier molecular flexibility index (Phi) is 2.83. The Morgan fingerprint density at radius 2 is 2.25 bits per heavy atom. The van der Waals surface area contributed by atoms with Gasteiger partial charge >= 0.3 is 5.97 Å². The molecule has 64 valence electrons. The zero-order valence-corrected chi connectivity index (χ0v) is 8.22. The Balaban J connectivity index is 3.13. The second-order valence-corrected chi connectivity index (χ2v) is 3.16. The molecule has 0 aromatic heterocycles. The summed E-state index contributed by atoms with van der Waals surface area (Å²) in [4.78, 5) is 11.1. The third-order valence-electron chi connectivity index (χ3n) is 1.44. The minimum Gasteiger partial charge on any atom is -0.465 e. The molecule has 0 spiro atoms. The van der Waals surface area contributed by atoms with Gasteiger partial charge in [-0.3, -0.25) is 0 Å². The van der Waals surface area contributed by atoms with E-state index in [-0.39, 0.29) is 5.97 Å². The van der Waals surface area contributed by atoms with Crippen molar-refractivity contribution < 1.29 is 15.3 Å². The number of carbonyl (C=O) groups is 1. The van der Waals surface area contributed by atoms with Gasteiger partial charge in [0.05, 0.1) is 12.7 Å². The Bertz CT molecular complexity index is 312. The van der Waals surface area contributed by atoms with Crippen LogP contribution in [0.2, 0.25) is 0 Å². The molecule has 0 saturated carbocycles. The lowest BCUT2D eigenvalue weighted by Gasteiger charge is -2.00. The molecule has 0 amide bonds. The van der Waals surface area contributed by atoms with Gasteiger partial charge in [-0.1, -0.05) is 0 Å². The van der Waals surface area contributed by atoms with Crippen LogP contribution in [-0.4, -0.2) is 13.1 Å². The van der Waals surface area contributed by atoms with Crippen molar-refractivity contribution >= 4 is 27.6 Å². The average molecular weight is 231 g/mol. The number of ether oxygens (including phenoxy) is 1. The van der Waals surface area contributed by atoms with Crippen LogP contribution in [0.3, 0.4) is 0 Å². The maximum atomic E-state index is 11.1. The summed E-state index contributed by atoms with van der Waals surface area (Å²) in [5.41, 5.74) is 5.01. The average Bonchev–Trinajstić information content (AvgIpc) is 2.08. The second-order valence-electron chi connectivity index (χ2n) is 2.31. The van der Waals surface area contributed by atoms with Crippen LogP contribution in [0.15, 0.2) is 22.7 Å². The van der Waals surface area contributed by atoms with Gasteiger partial charge in [-0.25, -0.2) is 4.79 Å². The number of esters is 1. The lowest BCUT2D eigenvalue weighted by Crippen LogP contribution is -2.40. The molecule has 0 aliphatic carbocycles. The predicted octanol–water partition coefficient (Wildman–Crippen LogP) is 1.11. The van der Waals surface area contributed by atoms with E-state index in [1.807, 2.05) is 6.07 Å². The van der Waals surface area contributed by atoms with Crippen LogP contribution in [-0.2, 0) is 4.74 Å². The third kappa shape index (κ3) is 1.84. The molecular weight excluding hydrogens is 222 g/mol. The van der Waals surface area contributed by atoms with Crippen molar-refractivity contribution in [3.63, 3.8) is 0 Å². The van der Waals surface area contributed by atoms with E-state index in [4.69, 9.17) is 0 Å².